The van der Waals surface area contributed by atoms with Gasteiger partial charge >= 0.3 is 5.97 Å². The Morgan fingerprint density at radius 2 is 2.00 bits per heavy atom. The molecule has 1 saturated heterocycles. The Labute approximate surface area is 125 Å². The summed E-state index contributed by atoms with van der Waals surface area (Å²) in [6, 6.07) is 9.69. The summed E-state index contributed by atoms with van der Waals surface area (Å²) in [5.74, 6) is -0.161. The number of benzene rings is 1. The lowest BCUT2D eigenvalue weighted by Crippen LogP contribution is -2.41. The molecule has 1 aliphatic heterocycles. The molecule has 0 spiro atoms. The quantitative estimate of drug-likeness (QED) is 0.823. The number of nitrogens with zero attached hydrogens (tertiary/aromatic N) is 1. The number of carbonyl (C=O) groups excluding carboxylic acids is 2. The molecule has 5 nitrogen and oxygen atoms in total. The molecule has 0 bridgehead atoms. The monoisotopic (exact) mass is 290 g/mol. The summed E-state index contributed by atoms with van der Waals surface area (Å²) in [6.07, 6.45) is 0. The topological polar surface area (TPSA) is 58.6 Å². The van der Waals surface area contributed by atoms with Crippen LogP contribution in [0.1, 0.15) is 12.5 Å². The Bertz CT molecular complexity index is 490. The number of methoxy groups -OCH3 is 1. The zero-order valence-corrected chi connectivity index (χ0v) is 12.5. The van der Waals surface area contributed by atoms with Crippen LogP contribution < -0.4 is 5.32 Å². The number of rotatable bonds is 5. The molecule has 21 heavy (non-hydrogen) atoms. The molecule has 0 saturated carbocycles. The van der Waals surface area contributed by atoms with Crippen LogP contribution in [0.2, 0.25) is 0 Å². The maximum Gasteiger partial charge on any atom is 0.325 e. The van der Waals surface area contributed by atoms with E-state index < -0.39 is 5.97 Å². The van der Waals surface area contributed by atoms with Crippen molar-refractivity contribution in [2.45, 2.75) is 13.5 Å². The van der Waals surface area contributed by atoms with Gasteiger partial charge in [0, 0.05) is 13.1 Å². The second kappa shape index (κ2) is 7.22. The molecule has 1 amide bonds. The van der Waals surface area contributed by atoms with Gasteiger partial charge in [-0.15, -0.1) is 0 Å². The number of nitrogens with one attached hydrogen (secondary N) is 1. The molecule has 5 heteroatoms. The largest absolute Gasteiger partial charge is 0.468 e. The maximum atomic E-state index is 12.7. The molecule has 2 atom stereocenters. The van der Waals surface area contributed by atoms with E-state index in [2.05, 4.69) is 12.2 Å². The molecule has 0 radical (unpaired) electrons. The number of carbonyl (C=O) groups is 2. The van der Waals surface area contributed by atoms with E-state index in [-0.39, 0.29) is 24.3 Å². The van der Waals surface area contributed by atoms with E-state index in [1.807, 2.05) is 30.3 Å². The fourth-order valence-corrected chi connectivity index (χ4v) is 2.61. The van der Waals surface area contributed by atoms with Crippen LogP contribution >= 0.6 is 0 Å². The fourth-order valence-electron chi connectivity index (χ4n) is 2.61. The van der Waals surface area contributed by atoms with Crippen molar-refractivity contribution in [2.24, 2.45) is 11.8 Å². The summed E-state index contributed by atoms with van der Waals surface area (Å²) >= 11 is 0. The van der Waals surface area contributed by atoms with Crippen LogP contribution in [0, 0.1) is 11.8 Å². The lowest BCUT2D eigenvalue weighted by molar-refractivity contribution is -0.149. The predicted molar refractivity (Wildman–Crippen MR) is 79.4 cm³/mol. The summed E-state index contributed by atoms with van der Waals surface area (Å²) < 4.78 is 4.71. The summed E-state index contributed by atoms with van der Waals surface area (Å²) in [6.45, 7) is 3.99. The first-order valence-corrected chi connectivity index (χ1v) is 7.22. The first kappa shape index (κ1) is 15.5. The first-order valence-electron chi connectivity index (χ1n) is 7.22. The van der Waals surface area contributed by atoms with Crippen molar-refractivity contribution in [1.82, 2.24) is 10.2 Å². The SMILES string of the molecule is COC(=O)CN(Cc1ccccc1)C(=O)[C@@H]1CNC[C@H]1C. The van der Waals surface area contributed by atoms with E-state index in [9.17, 15) is 9.59 Å². The predicted octanol–water partition coefficient (Wildman–Crippen LogP) is 1.04. The molecule has 1 aliphatic rings. The van der Waals surface area contributed by atoms with Gasteiger partial charge in [-0.25, -0.2) is 0 Å². The molecule has 1 aromatic rings. The minimum Gasteiger partial charge on any atom is -0.468 e. The van der Waals surface area contributed by atoms with Crippen molar-refractivity contribution < 1.29 is 14.3 Å². The Kier molecular flexibility index (Phi) is 5.33. The lowest BCUT2D eigenvalue weighted by atomic mass is 9.96. The number of hydrogen-bond acceptors (Lipinski definition) is 4. The van der Waals surface area contributed by atoms with E-state index in [0.717, 1.165) is 12.1 Å². The minimum absolute atomic E-state index is 0.00650. The van der Waals surface area contributed by atoms with Crippen molar-refractivity contribution in [3.05, 3.63) is 35.9 Å². The van der Waals surface area contributed by atoms with Gasteiger partial charge in [0.1, 0.15) is 6.54 Å². The summed E-state index contributed by atoms with van der Waals surface area (Å²) in [5.41, 5.74) is 1.01. The molecule has 1 heterocycles. The number of esters is 1. The first-order chi connectivity index (χ1) is 10.1. The minimum atomic E-state index is -0.391. The molecule has 1 fully saturated rings. The highest BCUT2D eigenvalue weighted by Crippen LogP contribution is 2.20. The normalized spacial score (nSPS) is 21.0. The van der Waals surface area contributed by atoms with Crippen molar-refractivity contribution in [3.63, 3.8) is 0 Å². The van der Waals surface area contributed by atoms with Crippen LogP contribution in [0.5, 0.6) is 0 Å². The Hall–Kier alpha value is -1.88. The molecule has 114 valence electrons. The molecular weight excluding hydrogens is 268 g/mol. The van der Waals surface area contributed by atoms with Crippen molar-refractivity contribution in [1.29, 1.82) is 0 Å². The lowest BCUT2D eigenvalue weighted by Gasteiger charge is -2.26. The molecular formula is C16H22N2O3. The number of ether oxygens (including phenoxy) is 1. The van der Waals surface area contributed by atoms with Crippen LogP contribution in [0.3, 0.4) is 0 Å². The zero-order valence-electron chi connectivity index (χ0n) is 12.5. The van der Waals surface area contributed by atoms with E-state index in [1.165, 1.54) is 7.11 Å². The number of hydrogen-bond donors (Lipinski definition) is 1. The van der Waals surface area contributed by atoms with Gasteiger partial charge in [0.2, 0.25) is 5.91 Å². The Morgan fingerprint density at radius 1 is 1.29 bits per heavy atom. The van der Waals surface area contributed by atoms with Gasteiger partial charge in [0.25, 0.3) is 0 Å². The standard InChI is InChI=1S/C16H22N2O3/c1-12-8-17-9-14(12)16(20)18(11-15(19)21-2)10-13-6-4-3-5-7-13/h3-7,12,14,17H,8-11H2,1-2H3/t12-,14-/m1/s1. The second-order valence-corrected chi connectivity index (χ2v) is 5.50. The summed E-state index contributed by atoms with van der Waals surface area (Å²) in [4.78, 5) is 25.9. The zero-order chi connectivity index (χ0) is 15.2. The fraction of sp³-hybridized carbons (Fsp3) is 0.500. The molecule has 1 N–H and O–H groups in total. The van der Waals surface area contributed by atoms with Gasteiger partial charge in [0.15, 0.2) is 0 Å². The van der Waals surface area contributed by atoms with E-state index in [4.69, 9.17) is 4.74 Å². The van der Waals surface area contributed by atoms with Crippen molar-refractivity contribution in [3.8, 4) is 0 Å². The molecule has 1 aromatic carbocycles. The van der Waals surface area contributed by atoms with Crippen molar-refractivity contribution >= 4 is 11.9 Å². The Balaban J connectivity index is 2.11. The van der Waals surface area contributed by atoms with E-state index in [0.29, 0.717) is 13.1 Å². The summed E-state index contributed by atoms with van der Waals surface area (Å²) in [5, 5.41) is 3.23. The average molecular weight is 290 g/mol. The van der Waals surface area contributed by atoms with Gasteiger partial charge in [0.05, 0.1) is 13.0 Å². The highest BCUT2D eigenvalue weighted by atomic mass is 16.5. The van der Waals surface area contributed by atoms with Gasteiger partial charge in [-0.1, -0.05) is 37.3 Å². The Morgan fingerprint density at radius 3 is 2.57 bits per heavy atom. The third-order valence-electron chi connectivity index (χ3n) is 3.91. The molecule has 2 rings (SSSR count). The van der Waals surface area contributed by atoms with Gasteiger partial charge < -0.3 is 15.0 Å². The van der Waals surface area contributed by atoms with Gasteiger partial charge in [-0.2, -0.15) is 0 Å². The molecule has 0 aromatic heterocycles. The highest BCUT2D eigenvalue weighted by molar-refractivity contribution is 5.84. The molecule has 0 unspecified atom stereocenters. The third-order valence-corrected chi connectivity index (χ3v) is 3.91. The van der Waals surface area contributed by atoms with Crippen LogP contribution in [0.25, 0.3) is 0 Å². The second-order valence-electron chi connectivity index (χ2n) is 5.50. The third kappa shape index (κ3) is 4.04. The average Bonchev–Trinajstić information content (AvgIpc) is 2.93. The van der Waals surface area contributed by atoms with Gasteiger partial charge in [-0.3, -0.25) is 9.59 Å². The van der Waals surface area contributed by atoms with Crippen LogP contribution in [0.4, 0.5) is 0 Å². The smallest absolute Gasteiger partial charge is 0.325 e. The van der Waals surface area contributed by atoms with Crippen LogP contribution in [0.15, 0.2) is 30.3 Å². The van der Waals surface area contributed by atoms with E-state index in [1.54, 1.807) is 4.90 Å². The van der Waals surface area contributed by atoms with Crippen LogP contribution in [-0.2, 0) is 20.9 Å². The van der Waals surface area contributed by atoms with Crippen molar-refractivity contribution in [2.75, 3.05) is 26.7 Å². The van der Waals surface area contributed by atoms with Gasteiger partial charge in [-0.05, 0) is 18.0 Å². The summed E-state index contributed by atoms with van der Waals surface area (Å²) in [7, 11) is 1.34. The van der Waals surface area contributed by atoms with Crippen LogP contribution in [-0.4, -0.2) is 43.5 Å². The highest BCUT2D eigenvalue weighted by Gasteiger charge is 2.33. The number of amides is 1. The molecule has 0 aliphatic carbocycles. The maximum absolute atomic E-state index is 12.7. The van der Waals surface area contributed by atoms with E-state index >= 15 is 0 Å².